The number of nitrogens with one attached hydrogen (secondary N) is 1. The number of nitrogens with zero attached hydrogens (tertiary/aromatic N) is 3. The molecule has 4 heteroatoms. The Bertz CT molecular complexity index is 446. The Morgan fingerprint density at radius 3 is 3.15 bits per heavy atom. The summed E-state index contributed by atoms with van der Waals surface area (Å²) >= 11 is 0. The lowest BCUT2D eigenvalue weighted by atomic mass is 9.96. The number of hydrogen-bond donors (Lipinski definition) is 1. The molecule has 1 saturated heterocycles. The molecule has 0 spiro atoms. The second kappa shape index (κ2) is 6.53. The molecule has 3 heterocycles. The molecule has 2 aliphatic rings. The van der Waals surface area contributed by atoms with Crippen molar-refractivity contribution in [3.05, 3.63) is 17.6 Å². The van der Waals surface area contributed by atoms with Gasteiger partial charge in [0, 0.05) is 38.2 Å². The molecule has 1 N–H and O–H groups in total. The smallest absolute Gasteiger partial charge is 0.136 e. The zero-order valence-corrected chi connectivity index (χ0v) is 12.6. The maximum Gasteiger partial charge on any atom is 0.136 e. The van der Waals surface area contributed by atoms with Gasteiger partial charge in [-0.05, 0) is 25.2 Å². The minimum atomic E-state index is 0.917. The third kappa shape index (κ3) is 2.95. The Hall–Kier alpha value is -1.16. The van der Waals surface area contributed by atoms with E-state index in [0.717, 1.165) is 38.5 Å². The van der Waals surface area contributed by atoms with Crippen LogP contribution in [0.2, 0.25) is 0 Å². The summed E-state index contributed by atoms with van der Waals surface area (Å²) in [4.78, 5) is 11.6. The Balaban J connectivity index is 1.76. The van der Waals surface area contributed by atoms with Crippen molar-refractivity contribution in [3.63, 3.8) is 0 Å². The van der Waals surface area contributed by atoms with E-state index in [1.807, 2.05) is 0 Å². The van der Waals surface area contributed by atoms with E-state index in [2.05, 4.69) is 27.1 Å². The molecule has 0 saturated carbocycles. The molecule has 0 bridgehead atoms. The SMILES string of the molecule is CCCC1CCCN(c2ncnc3c2CNCC3)CC1. The van der Waals surface area contributed by atoms with Crippen molar-refractivity contribution < 1.29 is 0 Å². The maximum absolute atomic E-state index is 4.60. The van der Waals surface area contributed by atoms with E-state index < -0.39 is 0 Å². The minimum absolute atomic E-state index is 0.917. The first kappa shape index (κ1) is 13.8. The fraction of sp³-hybridized carbons (Fsp3) is 0.750. The topological polar surface area (TPSA) is 41.1 Å². The Kier molecular flexibility index (Phi) is 4.51. The van der Waals surface area contributed by atoms with Crippen molar-refractivity contribution in [3.8, 4) is 0 Å². The molecule has 0 aliphatic carbocycles. The molecule has 1 aromatic heterocycles. The van der Waals surface area contributed by atoms with Crippen LogP contribution in [-0.4, -0.2) is 29.6 Å². The van der Waals surface area contributed by atoms with Gasteiger partial charge in [0.25, 0.3) is 0 Å². The molecule has 3 rings (SSSR count). The van der Waals surface area contributed by atoms with E-state index in [-0.39, 0.29) is 0 Å². The molecule has 20 heavy (non-hydrogen) atoms. The van der Waals surface area contributed by atoms with Crippen LogP contribution in [0.1, 0.15) is 50.3 Å². The summed E-state index contributed by atoms with van der Waals surface area (Å²) in [6.07, 6.45) is 9.51. The first-order valence-electron chi connectivity index (χ1n) is 8.17. The van der Waals surface area contributed by atoms with Gasteiger partial charge in [-0.1, -0.05) is 19.8 Å². The quantitative estimate of drug-likeness (QED) is 0.919. The Morgan fingerprint density at radius 1 is 1.30 bits per heavy atom. The first-order chi connectivity index (χ1) is 9.88. The van der Waals surface area contributed by atoms with Crippen molar-refractivity contribution >= 4 is 5.82 Å². The summed E-state index contributed by atoms with van der Waals surface area (Å²) in [5.41, 5.74) is 2.59. The second-order valence-electron chi connectivity index (χ2n) is 6.12. The third-order valence-electron chi connectivity index (χ3n) is 4.70. The Labute approximate surface area is 122 Å². The molecule has 0 aromatic carbocycles. The maximum atomic E-state index is 4.60. The van der Waals surface area contributed by atoms with Crippen LogP contribution in [0.15, 0.2) is 6.33 Å². The van der Waals surface area contributed by atoms with E-state index in [1.165, 1.54) is 49.2 Å². The van der Waals surface area contributed by atoms with Gasteiger partial charge in [-0.25, -0.2) is 9.97 Å². The fourth-order valence-corrected chi connectivity index (χ4v) is 3.60. The van der Waals surface area contributed by atoms with Gasteiger partial charge in [0.05, 0.1) is 5.69 Å². The van der Waals surface area contributed by atoms with Crippen molar-refractivity contribution in [2.45, 2.75) is 52.0 Å². The average Bonchev–Trinajstić information content (AvgIpc) is 2.73. The van der Waals surface area contributed by atoms with E-state index in [1.54, 1.807) is 6.33 Å². The van der Waals surface area contributed by atoms with Crippen LogP contribution in [0.3, 0.4) is 0 Å². The van der Waals surface area contributed by atoms with E-state index >= 15 is 0 Å². The molecule has 0 amide bonds. The second-order valence-corrected chi connectivity index (χ2v) is 6.12. The van der Waals surface area contributed by atoms with Crippen LogP contribution in [-0.2, 0) is 13.0 Å². The van der Waals surface area contributed by atoms with Gasteiger partial charge >= 0.3 is 0 Å². The van der Waals surface area contributed by atoms with Gasteiger partial charge < -0.3 is 10.2 Å². The predicted octanol–water partition coefficient (Wildman–Crippen LogP) is 2.53. The molecule has 1 unspecified atom stereocenters. The lowest BCUT2D eigenvalue weighted by Gasteiger charge is -2.27. The van der Waals surface area contributed by atoms with Gasteiger partial charge in [0.2, 0.25) is 0 Å². The van der Waals surface area contributed by atoms with Crippen LogP contribution in [0, 0.1) is 5.92 Å². The highest BCUT2D eigenvalue weighted by Gasteiger charge is 2.22. The predicted molar refractivity (Wildman–Crippen MR) is 81.9 cm³/mol. The summed E-state index contributed by atoms with van der Waals surface area (Å²) in [5.74, 6) is 2.11. The van der Waals surface area contributed by atoms with Crippen molar-refractivity contribution in [1.29, 1.82) is 0 Å². The summed E-state index contributed by atoms with van der Waals surface area (Å²) in [5, 5.41) is 3.46. The van der Waals surface area contributed by atoms with Crippen LogP contribution in [0.25, 0.3) is 0 Å². The molecule has 110 valence electrons. The van der Waals surface area contributed by atoms with Crippen LogP contribution < -0.4 is 10.2 Å². The van der Waals surface area contributed by atoms with Gasteiger partial charge in [-0.15, -0.1) is 0 Å². The number of fused-ring (bicyclic) bond motifs is 1. The number of hydrogen-bond acceptors (Lipinski definition) is 4. The minimum Gasteiger partial charge on any atom is -0.356 e. The van der Waals surface area contributed by atoms with Crippen LogP contribution >= 0.6 is 0 Å². The van der Waals surface area contributed by atoms with Crippen molar-refractivity contribution in [2.24, 2.45) is 5.92 Å². The first-order valence-corrected chi connectivity index (χ1v) is 8.17. The number of aromatic nitrogens is 2. The van der Waals surface area contributed by atoms with Crippen LogP contribution in [0.5, 0.6) is 0 Å². The van der Waals surface area contributed by atoms with Gasteiger partial charge in [0.1, 0.15) is 12.1 Å². The Morgan fingerprint density at radius 2 is 2.25 bits per heavy atom. The highest BCUT2D eigenvalue weighted by Crippen LogP contribution is 2.28. The number of anilines is 1. The molecule has 2 aliphatic heterocycles. The molecule has 4 nitrogen and oxygen atoms in total. The summed E-state index contributed by atoms with van der Waals surface area (Å²) in [7, 11) is 0. The highest BCUT2D eigenvalue weighted by atomic mass is 15.2. The zero-order chi connectivity index (χ0) is 13.8. The highest BCUT2D eigenvalue weighted by molar-refractivity contribution is 5.49. The van der Waals surface area contributed by atoms with Gasteiger partial charge in [-0.3, -0.25) is 0 Å². The molecule has 1 fully saturated rings. The third-order valence-corrected chi connectivity index (χ3v) is 4.70. The molecule has 1 atom stereocenters. The van der Waals surface area contributed by atoms with Crippen molar-refractivity contribution in [2.75, 3.05) is 24.5 Å². The largest absolute Gasteiger partial charge is 0.356 e. The zero-order valence-electron chi connectivity index (χ0n) is 12.6. The normalized spacial score (nSPS) is 23.2. The molecular formula is C16H26N4. The average molecular weight is 274 g/mol. The molecule has 0 radical (unpaired) electrons. The standard InChI is InChI=1S/C16H26N4/c1-2-4-13-5-3-9-20(10-7-13)16-14-11-17-8-6-15(14)18-12-19-16/h12-13,17H,2-11H2,1H3. The van der Waals surface area contributed by atoms with E-state index in [0.29, 0.717) is 0 Å². The van der Waals surface area contributed by atoms with Crippen LogP contribution in [0.4, 0.5) is 5.82 Å². The summed E-state index contributed by atoms with van der Waals surface area (Å²) in [6.45, 7) is 6.59. The monoisotopic (exact) mass is 274 g/mol. The summed E-state index contributed by atoms with van der Waals surface area (Å²) < 4.78 is 0. The number of rotatable bonds is 3. The molecule has 1 aromatic rings. The summed E-state index contributed by atoms with van der Waals surface area (Å²) in [6, 6.07) is 0. The van der Waals surface area contributed by atoms with E-state index in [4.69, 9.17) is 0 Å². The molecular weight excluding hydrogens is 248 g/mol. The van der Waals surface area contributed by atoms with Crippen molar-refractivity contribution in [1.82, 2.24) is 15.3 Å². The fourth-order valence-electron chi connectivity index (χ4n) is 3.60. The van der Waals surface area contributed by atoms with Gasteiger partial charge in [0.15, 0.2) is 0 Å². The lowest BCUT2D eigenvalue weighted by Crippen LogP contribution is -2.31. The lowest BCUT2D eigenvalue weighted by molar-refractivity contribution is 0.435. The van der Waals surface area contributed by atoms with E-state index in [9.17, 15) is 0 Å². The van der Waals surface area contributed by atoms with Gasteiger partial charge in [-0.2, -0.15) is 0 Å².